The van der Waals surface area contributed by atoms with Gasteiger partial charge in [0.05, 0.1) is 22.1 Å². The number of carbonyl (C=O) groups is 1. The van der Waals surface area contributed by atoms with Gasteiger partial charge in [0.2, 0.25) is 0 Å². The van der Waals surface area contributed by atoms with Crippen molar-refractivity contribution in [1.82, 2.24) is 15.1 Å². The molecule has 1 atom stereocenters. The van der Waals surface area contributed by atoms with Crippen LogP contribution < -0.4 is 0 Å². The minimum absolute atomic E-state index is 0.00792. The van der Waals surface area contributed by atoms with E-state index in [2.05, 4.69) is 16.8 Å². The number of hydrogen-bond donors (Lipinski definition) is 1. The fourth-order valence-electron chi connectivity index (χ4n) is 2.84. The summed E-state index contributed by atoms with van der Waals surface area (Å²) in [6.45, 7) is 5.99. The molecule has 0 bridgehead atoms. The van der Waals surface area contributed by atoms with Crippen molar-refractivity contribution >= 4 is 27.1 Å². The molecule has 8 heteroatoms. The number of aryl methyl sites for hydroxylation is 1. The van der Waals surface area contributed by atoms with Gasteiger partial charge in [-0.3, -0.25) is 9.89 Å². The van der Waals surface area contributed by atoms with E-state index in [1.807, 2.05) is 19.1 Å². The van der Waals surface area contributed by atoms with Crippen molar-refractivity contribution in [2.75, 3.05) is 18.1 Å². The fraction of sp³-hybridized carbons (Fsp3) is 0.375. The number of rotatable bonds is 5. The van der Waals surface area contributed by atoms with E-state index in [9.17, 15) is 13.2 Å². The molecule has 3 rings (SSSR count). The molecule has 1 aliphatic rings. The lowest BCUT2D eigenvalue weighted by molar-refractivity contribution is 0.0714. The van der Waals surface area contributed by atoms with Crippen LogP contribution in [0.25, 0.3) is 10.6 Å². The molecule has 24 heavy (non-hydrogen) atoms. The van der Waals surface area contributed by atoms with Gasteiger partial charge >= 0.3 is 0 Å². The normalized spacial score (nSPS) is 19.3. The van der Waals surface area contributed by atoms with Gasteiger partial charge in [-0.05, 0) is 31.5 Å². The smallest absolute Gasteiger partial charge is 0.274 e. The van der Waals surface area contributed by atoms with Crippen molar-refractivity contribution in [3.8, 4) is 10.6 Å². The second kappa shape index (κ2) is 6.52. The summed E-state index contributed by atoms with van der Waals surface area (Å²) >= 11 is 1.62. The van der Waals surface area contributed by atoms with Crippen LogP contribution in [0.4, 0.5) is 0 Å². The van der Waals surface area contributed by atoms with Gasteiger partial charge in [0, 0.05) is 17.5 Å². The van der Waals surface area contributed by atoms with Gasteiger partial charge in [0.1, 0.15) is 0 Å². The summed E-state index contributed by atoms with van der Waals surface area (Å²) < 4.78 is 23.4. The average molecular weight is 365 g/mol. The number of carbonyl (C=O) groups excluding carboxylic acids is 1. The maximum absolute atomic E-state index is 12.8. The van der Waals surface area contributed by atoms with Crippen LogP contribution in [0.5, 0.6) is 0 Å². The van der Waals surface area contributed by atoms with Crippen LogP contribution in [0.1, 0.15) is 21.8 Å². The number of aromatic nitrogens is 2. The van der Waals surface area contributed by atoms with E-state index in [-0.39, 0.29) is 23.5 Å². The fourth-order valence-corrected chi connectivity index (χ4v) is 5.41. The molecule has 1 fully saturated rings. The maximum atomic E-state index is 12.8. The first-order valence-corrected chi connectivity index (χ1v) is 10.3. The molecule has 0 saturated carbocycles. The lowest BCUT2D eigenvalue weighted by atomic mass is 10.2. The summed E-state index contributed by atoms with van der Waals surface area (Å²) in [5, 5.41) is 7.01. The Hall–Kier alpha value is -1.93. The maximum Gasteiger partial charge on any atom is 0.274 e. The van der Waals surface area contributed by atoms with Crippen LogP contribution >= 0.6 is 11.3 Å². The Morgan fingerprint density at radius 2 is 2.33 bits per heavy atom. The SMILES string of the molecule is C=CCN(C(=O)c1cc(-c2ccc(C)s2)[nH]n1)[C@H]1CCS(=O)(=O)C1. The highest BCUT2D eigenvalue weighted by Gasteiger charge is 2.35. The monoisotopic (exact) mass is 365 g/mol. The van der Waals surface area contributed by atoms with Crippen LogP contribution in [-0.4, -0.2) is 53.5 Å². The highest BCUT2D eigenvalue weighted by Crippen LogP contribution is 2.27. The molecule has 0 aliphatic carbocycles. The topological polar surface area (TPSA) is 83.1 Å². The molecular weight excluding hydrogens is 346 g/mol. The number of H-pyrrole nitrogens is 1. The zero-order chi connectivity index (χ0) is 17.3. The molecule has 1 N–H and O–H groups in total. The van der Waals surface area contributed by atoms with E-state index < -0.39 is 9.84 Å². The van der Waals surface area contributed by atoms with E-state index in [1.54, 1.807) is 28.4 Å². The minimum Gasteiger partial charge on any atom is -0.330 e. The van der Waals surface area contributed by atoms with Crippen molar-refractivity contribution in [2.24, 2.45) is 0 Å². The average Bonchev–Trinajstić information content (AvgIpc) is 3.23. The number of thiophene rings is 1. The summed E-state index contributed by atoms with van der Waals surface area (Å²) in [5.41, 5.74) is 1.08. The highest BCUT2D eigenvalue weighted by atomic mass is 32.2. The van der Waals surface area contributed by atoms with Gasteiger partial charge in [-0.2, -0.15) is 5.10 Å². The Labute approximate surface area is 145 Å². The van der Waals surface area contributed by atoms with E-state index in [0.29, 0.717) is 18.7 Å². The van der Waals surface area contributed by atoms with E-state index in [0.717, 1.165) is 10.6 Å². The summed E-state index contributed by atoms with van der Waals surface area (Å²) in [4.78, 5) is 16.5. The molecule has 6 nitrogen and oxygen atoms in total. The van der Waals surface area contributed by atoms with Gasteiger partial charge in [-0.1, -0.05) is 6.08 Å². The van der Waals surface area contributed by atoms with Gasteiger partial charge in [-0.15, -0.1) is 17.9 Å². The van der Waals surface area contributed by atoms with Crippen LogP contribution in [0, 0.1) is 6.92 Å². The number of hydrogen-bond acceptors (Lipinski definition) is 5. The van der Waals surface area contributed by atoms with Crippen molar-refractivity contribution in [3.63, 3.8) is 0 Å². The molecule has 0 radical (unpaired) electrons. The van der Waals surface area contributed by atoms with Gasteiger partial charge in [-0.25, -0.2) is 8.42 Å². The molecule has 0 unspecified atom stereocenters. The summed E-state index contributed by atoms with van der Waals surface area (Å²) in [5.74, 6) is -0.139. The van der Waals surface area contributed by atoms with Crippen molar-refractivity contribution in [1.29, 1.82) is 0 Å². The van der Waals surface area contributed by atoms with E-state index in [1.165, 1.54) is 4.88 Å². The predicted molar refractivity (Wildman–Crippen MR) is 94.9 cm³/mol. The van der Waals surface area contributed by atoms with Crippen molar-refractivity contribution < 1.29 is 13.2 Å². The Morgan fingerprint density at radius 3 is 2.92 bits per heavy atom. The lowest BCUT2D eigenvalue weighted by Gasteiger charge is -2.26. The molecule has 128 valence electrons. The summed E-state index contributed by atoms with van der Waals surface area (Å²) in [6.07, 6.45) is 2.07. The zero-order valence-electron chi connectivity index (χ0n) is 13.4. The quantitative estimate of drug-likeness (QED) is 0.824. The van der Waals surface area contributed by atoms with Crippen LogP contribution in [0.3, 0.4) is 0 Å². The summed E-state index contributed by atoms with van der Waals surface area (Å²) in [6, 6.07) is 5.39. The lowest BCUT2D eigenvalue weighted by Crippen LogP contribution is -2.41. The van der Waals surface area contributed by atoms with Crippen LogP contribution in [0.15, 0.2) is 30.9 Å². The molecule has 0 spiro atoms. The van der Waals surface area contributed by atoms with Crippen molar-refractivity contribution in [2.45, 2.75) is 19.4 Å². The predicted octanol–water partition coefficient (Wildman–Crippen LogP) is 2.26. The third kappa shape index (κ3) is 3.44. The van der Waals surface area contributed by atoms with Crippen LogP contribution in [0.2, 0.25) is 0 Å². The van der Waals surface area contributed by atoms with E-state index in [4.69, 9.17) is 0 Å². The Bertz CT molecular complexity index is 867. The Morgan fingerprint density at radius 1 is 1.54 bits per heavy atom. The molecule has 1 aliphatic heterocycles. The molecule has 1 amide bonds. The minimum atomic E-state index is -3.06. The highest BCUT2D eigenvalue weighted by molar-refractivity contribution is 7.91. The first kappa shape index (κ1) is 16.9. The molecule has 2 aromatic rings. The second-order valence-corrected chi connectivity index (χ2v) is 9.40. The third-order valence-corrected chi connectivity index (χ3v) is 6.82. The van der Waals surface area contributed by atoms with E-state index >= 15 is 0 Å². The number of aromatic amines is 1. The first-order valence-electron chi connectivity index (χ1n) is 7.64. The molecule has 1 saturated heterocycles. The molecular formula is C16H19N3O3S2. The number of nitrogens with one attached hydrogen (secondary N) is 1. The largest absolute Gasteiger partial charge is 0.330 e. The van der Waals surface area contributed by atoms with Gasteiger partial charge < -0.3 is 4.90 Å². The third-order valence-electron chi connectivity index (χ3n) is 4.04. The second-order valence-electron chi connectivity index (χ2n) is 5.88. The zero-order valence-corrected chi connectivity index (χ0v) is 15.0. The Kier molecular flexibility index (Phi) is 4.60. The molecule has 3 heterocycles. The first-order chi connectivity index (χ1) is 11.4. The van der Waals surface area contributed by atoms with Crippen molar-refractivity contribution in [3.05, 3.63) is 41.4 Å². The number of sulfone groups is 1. The van der Waals surface area contributed by atoms with Gasteiger partial charge in [0.15, 0.2) is 15.5 Å². The van der Waals surface area contributed by atoms with Crippen LogP contribution in [-0.2, 0) is 9.84 Å². The number of nitrogens with zero attached hydrogens (tertiary/aromatic N) is 2. The Balaban J connectivity index is 1.83. The molecule has 0 aromatic carbocycles. The molecule has 2 aromatic heterocycles. The number of amides is 1. The standard InChI is InChI=1S/C16H19N3O3S2/c1-3-7-19(12-6-8-24(21,22)10-12)16(20)14-9-13(17-18-14)15-5-4-11(2)23-15/h3-5,9,12H,1,6-8,10H2,2H3,(H,17,18)/t12-/m0/s1. The van der Waals surface area contributed by atoms with Gasteiger partial charge in [0.25, 0.3) is 5.91 Å². The summed E-state index contributed by atoms with van der Waals surface area (Å²) in [7, 11) is -3.06.